The molecule has 8 heavy (non-hydrogen) atoms. The molecule has 0 unspecified atom stereocenters. The number of rotatable bonds is 1. The molecule has 0 rings (SSSR count). The average molecular weight is 114 g/mol. The van der Waals surface area contributed by atoms with Crippen LogP contribution in [-0.2, 0) is 4.79 Å². The van der Waals surface area contributed by atoms with Gasteiger partial charge in [0.2, 0.25) is 0 Å². The van der Waals surface area contributed by atoms with Crippen molar-refractivity contribution in [3.8, 4) is 0 Å². The Hall–Kier alpha value is -0.990. The first kappa shape index (κ1) is 7.01. The van der Waals surface area contributed by atoms with Gasteiger partial charge in [0.1, 0.15) is 0 Å². The Morgan fingerprint density at radius 1 is 1.75 bits per heavy atom. The van der Waals surface area contributed by atoms with Gasteiger partial charge in [-0.1, -0.05) is 6.08 Å². The van der Waals surface area contributed by atoms with E-state index in [0.29, 0.717) is 0 Å². The standard InChI is InChI=1S/C5H10N2O/c1-3-4(6)5(8)7-2/h3H,6H2,1-2H3,(H,7,8)/b4-3-. The van der Waals surface area contributed by atoms with Gasteiger partial charge < -0.3 is 11.1 Å². The van der Waals surface area contributed by atoms with Gasteiger partial charge in [-0.05, 0) is 6.92 Å². The van der Waals surface area contributed by atoms with Gasteiger partial charge in [-0.25, -0.2) is 0 Å². The largest absolute Gasteiger partial charge is 0.395 e. The molecule has 0 saturated heterocycles. The van der Waals surface area contributed by atoms with Gasteiger partial charge in [-0.2, -0.15) is 0 Å². The molecule has 3 nitrogen and oxygen atoms in total. The third kappa shape index (κ3) is 1.64. The molecule has 3 heteroatoms. The molecule has 0 fully saturated rings. The van der Waals surface area contributed by atoms with Crippen molar-refractivity contribution in [2.45, 2.75) is 6.92 Å². The van der Waals surface area contributed by atoms with E-state index in [9.17, 15) is 4.79 Å². The van der Waals surface area contributed by atoms with E-state index >= 15 is 0 Å². The number of nitrogens with one attached hydrogen (secondary N) is 1. The van der Waals surface area contributed by atoms with Crippen LogP contribution < -0.4 is 11.1 Å². The minimum absolute atomic E-state index is 0.229. The lowest BCUT2D eigenvalue weighted by molar-refractivity contribution is -0.117. The lowest BCUT2D eigenvalue weighted by Crippen LogP contribution is -2.24. The monoisotopic (exact) mass is 114 g/mol. The summed E-state index contributed by atoms with van der Waals surface area (Å²) in [6.07, 6.45) is 1.55. The summed E-state index contributed by atoms with van der Waals surface area (Å²) in [6.45, 7) is 1.71. The first-order valence-corrected chi connectivity index (χ1v) is 2.36. The Balaban J connectivity index is 3.83. The molecule has 0 radical (unpaired) electrons. The molecule has 0 aliphatic rings. The minimum Gasteiger partial charge on any atom is -0.395 e. The van der Waals surface area contributed by atoms with Crippen LogP contribution in [0.1, 0.15) is 6.92 Å². The fraction of sp³-hybridized carbons (Fsp3) is 0.400. The summed E-state index contributed by atoms with van der Waals surface area (Å²) in [6, 6.07) is 0. The van der Waals surface area contributed by atoms with Crippen LogP contribution in [0, 0.1) is 0 Å². The second-order valence-electron chi connectivity index (χ2n) is 1.32. The van der Waals surface area contributed by atoms with Crippen LogP contribution in [0.15, 0.2) is 11.8 Å². The SMILES string of the molecule is C/C=C(\N)C(=O)NC. The van der Waals surface area contributed by atoms with Gasteiger partial charge in [0, 0.05) is 7.05 Å². The van der Waals surface area contributed by atoms with Gasteiger partial charge in [0.25, 0.3) is 5.91 Å². The van der Waals surface area contributed by atoms with Crippen LogP contribution >= 0.6 is 0 Å². The van der Waals surface area contributed by atoms with Crippen LogP contribution in [-0.4, -0.2) is 13.0 Å². The lowest BCUT2D eigenvalue weighted by atomic mass is 10.4. The predicted molar refractivity (Wildman–Crippen MR) is 32.0 cm³/mol. The maximum Gasteiger partial charge on any atom is 0.266 e. The number of hydrogen-bond donors (Lipinski definition) is 2. The molecule has 0 aliphatic heterocycles. The fourth-order valence-corrected chi connectivity index (χ4v) is 0.275. The molecule has 0 heterocycles. The topological polar surface area (TPSA) is 55.1 Å². The summed E-state index contributed by atoms with van der Waals surface area (Å²) in [7, 11) is 1.54. The molecule has 0 aromatic carbocycles. The zero-order valence-electron chi connectivity index (χ0n) is 5.06. The Morgan fingerprint density at radius 2 is 2.25 bits per heavy atom. The van der Waals surface area contributed by atoms with E-state index in [1.807, 2.05) is 0 Å². The molecule has 0 saturated carbocycles. The van der Waals surface area contributed by atoms with Crippen molar-refractivity contribution < 1.29 is 4.79 Å². The smallest absolute Gasteiger partial charge is 0.266 e. The van der Waals surface area contributed by atoms with Gasteiger partial charge in [-0.3, -0.25) is 4.79 Å². The van der Waals surface area contributed by atoms with Crippen LogP contribution in [0.25, 0.3) is 0 Å². The van der Waals surface area contributed by atoms with Crippen molar-refractivity contribution >= 4 is 5.91 Å². The van der Waals surface area contributed by atoms with Crippen molar-refractivity contribution in [2.24, 2.45) is 5.73 Å². The van der Waals surface area contributed by atoms with Crippen molar-refractivity contribution in [3.05, 3.63) is 11.8 Å². The molecule has 0 aromatic rings. The number of allylic oxidation sites excluding steroid dienone is 1. The fourth-order valence-electron chi connectivity index (χ4n) is 0.275. The van der Waals surface area contributed by atoms with E-state index < -0.39 is 0 Å². The number of hydrogen-bond acceptors (Lipinski definition) is 2. The van der Waals surface area contributed by atoms with Gasteiger partial charge >= 0.3 is 0 Å². The Labute approximate surface area is 48.6 Å². The van der Waals surface area contributed by atoms with Gasteiger partial charge in [0.15, 0.2) is 0 Å². The summed E-state index contributed by atoms with van der Waals surface area (Å²) in [5, 5.41) is 2.38. The van der Waals surface area contributed by atoms with E-state index in [0.717, 1.165) is 0 Å². The zero-order chi connectivity index (χ0) is 6.57. The zero-order valence-corrected chi connectivity index (χ0v) is 5.06. The minimum atomic E-state index is -0.229. The maximum atomic E-state index is 10.4. The quantitative estimate of drug-likeness (QED) is 0.455. The summed E-state index contributed by atoms with van der Waals surface area (Å²) < 4.78 is 0. The van der Waals surface area contributed by atoms with Crippen molar-refractivity contribution in [2.75, 3.05) is 7.05 Å². The highest BCUT2D eigenvalue weighted by Gasteiger charge is 1.96. The number of likely N-dealkylation sites (N-methyl/N-ethyl adjacent to an activating group) is 1. The molecule has 0 aromatic heterocycles. The van der Waals surface area contributed by atoms with Crippen molar-refractivity contribution in [3.63, 3.8) is 0 Å². The molecule has 0 bridgehead atoms. The second kappa shape index (κ2) is 3.07. The highest BCUT2D eigenvalue weighted by molar-refractivity contribution is 5.91. The first-order valence-electron chi connectivity index (χ1n) is 2.36. The Morgan fingerprint density at radius 3 is 2.38 bits per heavy atom. The molecule has 3 N–H and O–H groups in total. The maximum absolute atomic E-state index is 10.4. The van der Waals surface area contributed by atoms with Crippen LogP contribution in [0.2, 0.25) is 0 Å². The summed E-state index contributed by atoms with van der Waals surface area (Å²) >= 11 is 0. The van der Waals surface area contributed by atoms with Gasteiger partial charge in [0.05, 0.1) is 5.70 Å². The van der Waals surface area contributed by atoms with Crippen LogP contribution in [0.3, 0.4) is 0 Å². The van der Waals surface area contributed by atoms with E-state index in [4.69, 9.17) is 5.73 Å². The lowest BCUT2D eigenvalue weighted by Gasteiger charge is -1.94. The van der Waals surface area contributed by atoms with Crippen molar-refractivity contribution in [1.29, 1.82) is 0 Å². The molecule has 0 spiro atoms. The number of carbonyl (C=O) groups excluding carboxylic acids is 1. The number of amides is 1. The molecule has 0 aliphatic carbocycles. The highest BCUT2D eigenvalue weighted by atomic mass is 16.1. The summed E-state index contributed by atoms with van der Waals surface area (Å²) in [5.74, 6) is -0.229. The second-order valence-corrected chi connectivity index (χ2v) is 1.32. The van der Waals surface area contributed by atoms with Crippen molar-refractivity contribution in [1.82, 2.24) is 5.32 Å². The third-order valence-corrected chi connectivity index (χ3v) is 0.800. The number of carbonyl (C=O) groups is 1. The van der Waals surface area contributed by atoms with Gasteiger partial charge in [-0.15, -0.1) is 0 Å². The molecule has 0 atom stereocenters. The molecule has 1 amide bonds. The van der Waals surface area contributed by atoms with E-state index in [-0.39, 0.29) is 11.6 Å². The van der Waals surface area contributed by atoms with Crippen LogP contribution in [0.4, 0.5) is 0 Å². The Kier molecular flexibility index (Phi) is 2.69. The first-order chi connectivity index (χ1) is 3.72. The van der Waals surface area contributed by atoms with Crippen LogP contribution in [0.5, 0.6) is 0 Å². The summed E-state index contributed by atoms with van der Waals surface area (Å²) in [5.41, 5.74) is 5.43. The van der Waals surface area contributed by atoms with E-state index in [1.54, 1.807) is 20.0 Å². The molecule has 46 valence electrons. The Bertz CT molecular complexity index is 118. The normalized spacial score (nSPS) is 11.0. The summed E-state index contributed by atoms with van der Waals surface area (Å²) in [4.78, 5) is 10.4. The third-order valence-electron chi connectivity index (χ3n) is 0.800. The molecular formula is C5H10N2O. The predicted octanol–water partition coefficient (Wildman–Crippen LogP) is -0.405. The van der Waals surface area contributed by atoms with E-state index in [2.05, 4.69) is 5.32 Å². The average Bonchev–Trinajstić information content (AvgIpc) is 1.84. The molecular weight excluding hydrogens is 104 g/mol. The number of nitrogens with two attached hydrogens (primary N) is 1. The highest BCUT2D eigenvalue weighted by Crippen LogP contribution is 1.78. The van der Waals surface area contributed by atoms with E-state index in [1.165, 1.54) is 0 Å².